The van der Waals surface area contributed by atoms with Gasteiger partial charge in [-0.05, 0) is 41.5 Å². The SMILES string of the molecule is COc1ccc(C(NC(=O)Cc2cccnc2)C(=O)Nc2ccc([Si](C)(C)C)cc2)cc1. The number of anilines is 1. The highest BCUT2D eigenvalue weighted by molar-refractivity contribution is 6.88. The number of nitrogens with one attached hydrogen (secondary N) is 2. The monoisotopic (exact) mass is 447 g/mol. The van der Waals surface area contributed by atoms with E-state index in [4.69, 9.17) is 4.74 Å². The Kier molecular flexibility index (Phi) is 7.43. The molecule has 0 spiro atoms. The largest absolute Gasteiger partial charge is 0.497 e. The highest BCUT2D eigenvalue weighted by Gasteiger charge is 2.24. The van der Waals surface area contributed by atoms with E-state index in [0.717, 1.165) is 5.56 Å². The normalized spacial score (nSPS) is 12.0. The third-order valence-electron chi connectivity index (χ3n) is 5.12. The minimum absolute atomic E-state index is 0.138. The van der Waals surface area contributed by atoms with E-state index in [1.807, 2.05) is 18.2 Å². The molecule has 0 aliphatic heterocycles. The summed E-state index contributed by atoms with van der Waals surface area (Å²) in [5.74, 6) is 0.107. The Morgan fingerprint density at radius 3 is 2.25 bits per heavy atom. The van der Waals surface area contributed by atoms with Crippen LogP contribution in [0, 0.1) is 0 Å². The van der Waals surface area contributed by atoms with Gasteiger partial charge in [0, 0.05) is 18.1 Å². The van der Waals surface area contributed by atoms with E-state index < -0.39 is 14.1 Å². The van der Waals surface area contributed by atoms with Crippen molar-refractivity contribution < 1.29 is 14.3 Å². The molecule has 32 heavy (non-hydrogen) atoms. The maximum atomic E-state index is 13.2. The predicted molar refractivity (Wildman–Crippen MR) is 130 cm³/mol. The topological polar surface area (TPSA) is 80.3 Å². The van der Waals surface area contributed by atoms with Gasteiger partial charge in [-0.3, -0.25) is 14.6 Å². The van der Waals surface area contributed by atoms with Crippen LogP contribution in [-0.2, 0) is 16.0 Å². The maximum absolute atomic E-state index is 13.2. The van der Waals surface area contributed by atoms with Gasteiger partial charge in [-0.25, -0.2) is 0 Å². The smallest absolute Gasteiger partial charge is 0.251 e. The van der Waals surface area contributed by atoms with Crippen molar-refractivity contribution in [3.63, 3.8) is 0 Å². The number of carbonyl (C=O) groups excluding carboxylic acids is 2. The molecule has 166 valence electrons. The fraction of sp³-hybridized carbons (Fsp3) is 0.240. The van der Waals surface area contributed by atoms with Crippen molar-refractivity contribution >= 4 is 30.8 Å². The van der Waals surface area contributed by atoms with Crippen molar-refractivity contribution in [3.8, 4) is 5.75 Å². The van der Waals surface area contributed by atoms with Crippen LogP contribution in [0.15, 0.2) is 73.1 Å². The molecule has 0 bridgehead atoms. The number of aromatic nitrogens is 1. The molecule has 1 atom stereocenters. The van der Waals surface area contributed by atoms with Gasteiger partial charge in [0.2, 0.25) is 5.91 Å². The second-order valence-corrected chi connectivity index (χ2v) is 13.7. The number of nitrogens with zero attached hydrogens (tertiary/aromatic N) is 1. The highest BCUT2D eigenvalue weighted by atomic mass is 28.3. The minimum Gasteiger partial charge on any atom is -0.497 e. The van der Waals surface area contributed by atoms with Crippen LogP contribution in [0.25, 0.3) is 0 Å². The number of hydrogen-bond acceptors (Lipinski definition) is 4. The van der Waals surface area contributed by atoms with Gasteiger partial charge in [-0.1, -0.05) is 55.2 Å². The molecular weight excluding hydrogens is 418 g/mol. The van der Waals surface area contributed by atoms with Crippen LogP contribution in [0.5, 0.6) is 5.75 Å². The summed E-state index contributed by atoms with van der Waals surface area (Å²) in [5, 5.41) is 7.11. The van der Waals surface area contributed by atoms with E-state index in [1.165, 1.54) is 5.19 Å². The summed E-state index contributed by atoms with van der Waals surface area (Å²) in [4.78, 5) is 29.9. The lowest BCUT2D eigenvalue weighted by atomic mass is 10.0. The van der Waals surface area contributed by atoms with E-state index in [0.29, 0.717) is 17.0 Å². The first-order valence-electron chi connectivity index (χ1n) is 10.5. The standard InChI is InChI=1S/C25H29N3O3Si/c1-31-21-11-7-19(8-12-21)24(28-23(29)16-18-6-5-15-26-17-18)25(30)27-20-9-13-22(14-10-20)32(2,3)4/h5-15,17,24H,16H2,1-4H3,(H,27,30)(H,28,29). The number of amides is 2. The first kappa shape index (κ1) is 23.2. The Bertz CT molecular complexity index is 1050. The molecule has 1 heterocycles. The van der Waals surface area contributed by atoms with Gasteiger partial charge in [0.25, 0.3) is 5.91 Å². The lowest BCUT2D eigenvalue weighted by Gasteiger charge is -2.20. The third kappa shape index (κ3) is 6.27. The number of carbonyl (C=O) groups is 2. The van der Waals surface area contributed by atoms with Gasteiger partial charge in [0.1, 0.15) is 11.8 Å². The van der Waals surface area contributed by atoms with Crippen LogP contribution in [0.3, 0.4) is 0 Å². The Balaban J connectivity index is 1.79. The second kappa shape index (κ2) is 10.2. The Hall–Kier alpha value is -3.45. The number of pyridine rings is 1. The number of methoxy groups -OCH3 is 1. The average molecular weight is 448 g/mol. The van der Waals surface area contributed by atoms with E-state index in [2.05, 4.69) is 47.4 Å². The second-order valence-electron chi connectivity index (χ2n) is 8.63. The van der Waals surface area contributed by atoms with Crippen LogP contribution in [0.2, 0.25) is 19.6 Å². The highest BCUT2D eigenvalue weighted by Crippen LogP contribution is 2.20. The van der Waals surface area contributed by atoms with E-state index in [9.17, 15) is 9.59 Å². The van der Waals surface area contributed by atoms with E-state index >= 15 is 0 Å². The van der Waals surface area contributed by atoms with Gasteiger partial charge in [-0.15, -0.1) is 0 Å². The average Bonchev–Trinajstić information content (AvgIpc) is 2.78. The number of benzene rings is 2. The molecule has 0 radical (unpaired) electrons. The van der Waals surface area contributed by atoms with Crippen molar-refractivity contribution in [3.05, 3.63) is 84.2 Å². The summed E-state index contributed by atoms with van der Waals surface area (Å²) in [5.41, 5.74) is 2.14. The Morgan fingerprint density at radius 1 is 1.00 bits per heavy atom. The molecule has 2 amide bonds. The van der Waals surface area contributed by atoms with Crippen LogP contribution in [-0.4, -0.2) is 32.0 Å². The van der Waals surface area contributed by atoms with Gasteiger partial charge in [0.05, 0.1) is 21.6 Å². The van der Waals surface area contributed by atoms with Crippen molar-refractivity contribution in [2.75, 3.05) is 12.4 Å². The fourth-order valence-electron chi connectivity index (χ4n) is 3.26. The van der Waals surface area contributed by atoms with Crippen molar-refractivity contribution in [1.82, 2.24) is 10.3 Å². The predicted octanol–water partition coefficient (Wildman–Crippen LogP) is 3.67. The van der Waals surface area contributed by atoms with Crippen molar-refractivity contribution in [2.24, 2.45) is 0 Å². The molecule has 0 fully saturated rings. The quantitative estimate of drug-likeness (QED) is 0.516. The molecule has 7 heteroatoms. The zero-order valence-electron chi connectivity index (χ0n) is 18.9. The van der Waals surface area contributed by atoms with Crippen molar-refractivity contribution in [2.45, 2.75) is 32.1 Å². The molecule has 1 unspecified atom stereocenters. The molecule has 0 saturated carbocycles. The lowest BCUT2D eigenvalue weighted by Crippen LogP contribution is -2.38. The van der Waals surface area contributed by atoms with E-state index in [-0.39, 0.29) is 18.2 Å². The number of ether oxygens (including phenoxy) is 1. The molecule has 0 aliphatic rings. The summed E-state index contributed by atoms with van der Waals surface area (Å²) >= 11 is 0. The summed E-state index contributed by atoms with van der Waals surface area (Å²) in [6.07, 6.45) is 3.43. The number of hydrogen-bond donors (Lipinski definition) is 2. The van der Waals surface area contributed by atoms with E-state index in [1.54, 1.807) is 49.8 Å². The molecule has 3 rings (SSSR count). The molecule has 3 aromatic rings. The Morgan fingerprint density at radius 2 is 1.69 bits per heavy atom. The van der Waals surface area contributed by atoms with Crippen LogP contribution >= 0.6 is 0 Å². The first-order chi connectivity index (χ1) is 15.3. The summed E-state index contributed by atoms with van der Waals surface area (Å²) < 4.78 is 5.21. The van der Waals surface area contributed by atoms with Crippen LogP contribution < -0.4 is 20.6 Å². The zero-order chi connectivity index (χ0) is 23.1. The van der Waals surface area contributed by atoms with Crippen LogP contribution in [0.4, 0.5) is 5.69 Å². The molecule has 6 nitrogen and oxygen atoms in total. The van der Waals surface area contributed by atoms with Gasteiger partial charge in [0.15, 0.2) is 0 Å². The molecule has 1 aromatic heterocycles. The first-order valence-corrected chi connectivity index (χ1v) is 14.0. The van der Waals surface area contributed by atoms with Crippen molar-refractivity contribution in [1.29, 1.82) is 0 Å². The lowest BCUT2D eigenvalue weighted by molar-refractivity contribution is -0.126. The molecule has 2 aromatic carbocycles. The molecule has 0 aliphatic carbocycles. The van der Waals surface area contributed by atoms with Gasteiger partial charge in [-0.2, -0.15) is 0 Å². The number of rotatable bonds is 8. The zero-order valence-corrected chi connectivity index (χ0v) is 19.9. The van der Waals surface area contributed by atoms with Gasteiger partial charge < -0.3 is 15.4 Å². The summed E-state index contributed by atoms with van der Waals surface area (Å²) in [6.45, 7) is 6.83. The van der Waals surface area contributed by atoms with Gasteiger partial charge >= 0.3 is 0 Å². The molecule has 2 N–H and O–H groups in total. The molecule has 0 saturated heterocycles. The van der Waals surface area contributed by atoms with Crippen LogP contribution in [0.1, 0.15) is 17.2 Å². The molecular formula is C25H29N3O3Si. The fourth-order valence-corrected chi connectivity index (χ4v) is 4.43. The summed E-state index contributed by atoms with van der Waals surface area (Å²) in [7, 11) is 0.157. The maximum Gasteiger partial charge on any atom is 0.251 e. The minimum atomic E-state index is -1.43. The summed E-state index contributed by atoms with van der Waals surface area (Å²) in [6, 6.07) is 17.8. The third-order valence-corrected chi connectivity index (χ3v) is 7.19. The Labute approximate surface area is 190 Å².